The third-order valence-electron chi connectivity index (χ3n) is 3.34. The van der Waals surface area contributed by atoms with Crippen molar-refractivity contribution in [3.63, 3.8) is 0 Å². The molecule has 1 N–H and O–H groups in total. The molecule has 0 saturated carbocycles. The second-order valence-corrected chi connectivity index (χ2v) is 6.25. The van der Waals surface area contributed by atoms with Crippen molar-refractivity contribution in [1.82, 2.24) is 15.2 Å². The molecule has 3 heterocycles. The zero-order valence-corrected chi connectivity index (χ0v) is 12.2. The fraction of sp³-hybridized carbons (Fsp3) is 0.500. The van der Waals surface area contributed by atoms with E-state index >= 15 is 0 Å². The molecule has 1 fully saturated rings. The van der Waals surface area contributed by atoms with Crippen LogP contribution in [0.5, 0.6) is 0 Å². The van der Waals surface area contributed by atoms with Crippen LogP contribution in [0, 0.1) is 6.92 Å². The second kappa shape index (κ2) is 5.45. The lowest BCUT2D eigenvalue weighted by molar-refractivity contribution is 0.201. The van der Waals surface area contributed by atoms with Gasteiger partial charge in [0.15, 0.2) is 10.8 Å². The first-order valence-electron chi connectivity index (χ1n) is 6.68. The Morgan fingerprint density at radius 3 is 3.16 bits per heavy atom. The Morgan fingerprint density at radius 1 is 1.53 bits per heavy atom. The summed E-state index contributed by atoms with van der Waals surface area (Å²) in [4.78, 5) is 8.25. The van der Waals surface area contributed by atoms with Gasteiger partial charge in [-0.05, 0) is 26.0 Å². The molecule has 0 aliphatic carbocycles. The van der Waals surface area contributed by atoms with Gasteiger partial charge in [-0.3, -0.25) is 4.90 Å². The summed E-state index contributed by atoms with van der Waals surface area (Å²) >= 11 is 1.73. The molecule has 0 spiro atoms. The number of nitrogens with one attached hydrogen (secondary N) is 1. The topological polar surface area (TPSA) is 41.3 Å². The van der Waals surface area contributed by atoms with Crippen LogP contribution in [0.1, 0.15) is 17.6 Å². The fourth-order valence-corrected chi connectivity index (χ4v) is 3.34. The van der Waals surface area contributed by atoms with Gasteiger partial charge < -0.3 is 9.73 Å². The van der Waals surface area contributed by atoms with E-state index in [4.69, 9.17) is 4.42 Å². The molecule has 0 unspecified atom stereocenters. The highest BCUT2D eigenvalue weighted by atomic mass is 32.1. The molecule has 102 valence electrons. The number of aromatic nitrogens is 1. The van der Waals surface area contributed by atoms with Crippen LogP contribution in [0.2, 0.25) is 0 Å². The minimum atomic E-state index is 0.578. The largest absolute Gasteiger partial charge is 0.459 e. The highest BCUT2D eigenvalue weighted by molar-refractivity contribution is 7.14. The molecule has 1 aliphatic heterocycles. The summed E-state index contributed by atoms with van der Waals surface area (Å²) in [6.45, 7) is 8.47. The lowest BCUT2D eigenvalue weighted by Crippen LogP contribution is -2.48. The Bertz CT molecular complexity index is 548. The quantitative estimate of drug-likeness (QED) is 0.936. The van der Waals surface area contributed by atoms with E-state index in [9.17, 15) is 0 Å². The number of thiazole rings is 1. The van der Waals surface area contributed by atoms with Crippen LogP contribution < -0.4 is 5.32 Å². The van der Waals surface area contributed by atoms with E-state index in [0.717, 1.165) is 42.7 Å². The van der Waals surface area contributed by atoms with Crippen LogP contribution >= 0.6 is 11.3 Å². The summed E-state index contributed by atoms with van der Waals surface area (Å²) < 4.78 is 5.61. The summed E-state index contributed by atoms with van der Waals surface area (Å²) in [5.74, 6) is 1.81. The second-order valence-electron chi connectivity index (χ2n) is 5.13. The van der Waals surface area contributed by atoms with Gasteiger partial charge >= 0.3 is 0 Å². The highest BCUT2D eigenvalue weighted by Crippen LogP contribution is 2.27. The Balaban J connectivity index is 1.68. The maximum Gasteiger partial charge on any atom is 0.162 e. The van der Waals surface area contributed by atoms with Gasteiger partial charge in [0.25, 0.3) is 0 Å². The monoisotopic (exact) mass is 277 g/mol. The van der Waals surface area contributed by atoms with Gasteiger partial charge in [-0.15, -0.1) is 11.3 Å². The minimum Gasteiger partial charge on any atom is -0.459 e. The summed E-state index contributed by atoms with van der Waals surface area (Å²) in [5, 5.41) is 4.44. The van der Waals surface area contributed by atoms with Crippen molar-refractivity contribution in [3.05, 3.63) is 29.0 Å². The predicted octanol–water partition coefficient (Wildman–Crippen LogP) is 2.51. The molecule has 0 amide bonds. The molecular formula is C14H19N3OS. The molecule has 4 nitrogen and oxygen atoms in total. The van der Waals surface area contributed by atoms with Crippen LogP contribution in [0.25, 0.3) is 10.8 Å². The lowest BCUT2D eigenvalue weighted by atomic mass is 10.2. The fourth-order valence-electron chi connectivity index (χ4n) is 2.42. The van der Waals surface area contributed by atoms with E-state index in [1.807, 2.05) is 25.3 Å². The molecule has 0 aromatic carbocycles. The molecule has 1 saturated heterocycles. The summed E-state index contributed by atoms with van der Waals surface area (Å²) in [6.07, 6.45) is 1.98. The van der Waals surface area contributed by atoms with E-state index in [1.54, 1.807) is 11.3 Å². The van der Waals surface area contributed by atoms with E-state index in [2.05, 4.69) is 22.1 Å². The zero-order valence-electron chi connectivity index (χ0n) is 11.3. The third-order valence-corrected chi connectivity index (χ3v) is 4.33. The van der Waals surface area contributed by atoms with Crippen LogP contribution in [0.15, 0.2) is 22.7 Å². The Kier molecular flexibility index (Phi) is 3.68. The average molecular weight is 277 g/mol. The molecule has 19 heavy (non-hydrogen) atoms. The third kappa shape index (κ3) is 3.05. The Hall–Kier alpha value is -1.17. The number of hydrogen-bond donors (Lipinski definition) is 1. The zero-order chi connectivity index (χ0) is 13.2. The van der Waals surface area contributed by atoms with Crippen LogP contribution in [0.4, 0.5) is 0 Å². The first-order valence-corrected chi connectivity index (χ1v) is 7.49. The van der Waals surface area contributed by atoms with Crippen molar-refractivity contribution in [2.24, 2.45) is 0 Å². The highest BCUT2D eigenvalue weighted by Gasteiger charge is 2.17. The van der Waals surface area contributed by atoms with Crippen molar-refractivity contribution >= 4 is 11.3 Å². The van der Waals surface area contributed by atoms with Gasteiger partial charge in [0, 0.05) is 43.3 Å². The number of nitrogens with zero attached hydrogens (tertiary/aromatic N) is 2. The smallest absolute Gasteiger partial charge is 0.162 e. The van der Waals surface area contributed by atoms with Gasteiger partial charge in [-0.1, -0.05) is 0 Å². The lowest BCUT2D eigenvalue weighted by Gasteiger charge is -2.31. The first kappa shape index (κ1) is 12.8. The standard InChI is InChI=1S/C14H19N3OS/c1-10-8-17(6-5-15-10)9-12-7-16-14(19-12)13-4-3-11(2)18-13/h3-4,7,10,15H,5-6,8-9H2,1-2H3/t10-/m0/s1. The average Bonchev–Trinajstić information content (AvgIpc) is 2.98. The Morgan fingerprint density at radius 2 is 2.42 bits per heavy atom. The van der Waals surface area contributed by atoms with Gasteiger partial charge in [-0.25, -0.2) is 4.98 Å². The van der Waals surface area contributed by atoms with Crippen LogP contribution in [0.3, 0.4) is 0 Å². The number of furan rings is 1. The number of aryl methyl sites for hydroxylation is 1. The maximum atomic E-state index is 5.61. The van der Waals surface area contributed by atoms with E-state index in [1.165, 1.54) is 4.88 Å². The van der Waals surface area contributed by atoms with Crippen molar-refractivity contribution in [1.29, 1.82) is 0 Å². The molecule has 0 radical (unpaired) electrons. The molecule has 2 aromatic rings. The molecule has 5 heteroatoms. The summed E-state index contributed by atoms with van der Waals surface area (Å²) in [6, 6.07) is 4.55. The van der Waals surface area contributed by atoms with Crippen molar-refractivity contribution in [3.8, 4) is 10.8 Å². The van der Waals surface area contributed by atoms with Crippen LogP contribution in [-0.2, 0) is 6.54 Å². The summed E-state index contributed by atoms with van der Waals surface area (Å²) in [5.41, 5.74) is 0. The van der Waals surface area contributed by atoms with Crippen molar-refractivity contribution in [2.75, 3.05) is 19.6 Å². The minimum absolute atomic E-state index is 0.578. The molecule has 0 bridgehead atoms. The number of hydrogen-bond acceptors (Lipinski definition) is 5. The first-order chi connectivity index (χ1) is 9.20. The normalized spacial score (nSPS) is 20.8. The molecule has 2 aromatic heterocycles. The van der Waals surface area contributed by atoms with Crippen molar-refractivity contribution in [2.45, 2.75) is 26.4 Å². The molecule has 3 rings (SSSR count). The SMILES string of the molecule is Cc1ccc(-c2ncc(CN3CCN[C@@H](C)C3)s2)o1. The number of piperazine rings is 1. The van der Waals surface area contributed by atoms with Gasteiger partial charge in [-0.2, -0.15) is 0 Å². The van der Waals surface area contributed by atoms with E-state index in [-0.39, 0.29) is 0 Å². The summed E-state index contributed by atoms with van der Waals surface area (Å²) in [7, 11) is 0. The van der Waals surface area contributed by atoms with E-state index in [0.29, 0.717) is 6.04 Å². The maximum absolute atomic E-state index is 5.61. The number of rotatable bonds is 3. The molecule has 1 atom stereocenters. The Labute approximate surface area is 117 Å². The van der Waals surface area contributed by atoms with Gasteiger partial charge in [0.1, 0.15) is 5.76 Å². The molecular weight excluding hydrogens is 258 g/mol. The predicted molar refractivity (Wildman–Crippen MR) is 77.3 cm³/mol. The van der Waals surface area contributed by atoms with Crippen molar-refractivity contribution < 1.29 is 4.42 Å². The van der Waals surface area contributed by atoms with E-state index < -0.39 is 0 Å². The van der Waals surface area contributed by atoms with Crippen LogP contribution in [-0.4, -0.2) is 35.6 Å². The van der Waals surface area contributed by atoms with Gasteiger partial charge in [0.2, 0.25) is 0 Å². The molecule has 1 aliphatic rings. The van der Waals surface area contributed by atoms with Gasteiger partial charge in [0.05, 0.1) is 0 Å².